The maximum absolute atomic E-state index is 12.7. The topological polar surface area (TPSA) is 94.2 Å². The van der Waals surface area contributed by atoms with Crippen LogP contribution < -0.4 is 19.5 Å². The average Bonchev–Trinajstić information content (AvgIpc) is 3.33. The van der Waals surface area contributed by atoms with Crippen molar-refractivity contribution in [1.29, 1.82) is 0 Å². The molecule has 31 heavy (non-hydrogen) atoms. The summed E-state index contributed by atoms with van der Waals surface area (Å²) in [4.78, 5) is 38.6. The first kappa shape index (κ1) is 20.5. The lowest BCUT2D eigenvalue weighted by Crippen LogP contribution is -2.36. The van der Waals surface area contributed by atoms with Crippen LogP contribution >= 0.6 is 11.8 Å². The summed E-state index contributed by atoms with van der Waals surface area (Å²) in [5, 5.41) is 2.15. The molecule has 0 spiro atoms. The molecule has 0 saturated carbocycles. The van der Waals surface area contributed by atoms with Crippen LogP contribution in [0.4, 0.5) is 10.5 Å². The van der Waals surface area contributed by atoms with Gasteiger partial charge in [-0.3, -0.25) is 19.3 Å². The van der Waals surface area contributed by atoms with Gasteiger partial charge in [0.15, 0.2) is 11.5 Å². The third-order valence-electron chi connectivity index (χ3n) is 4.39. The van der Waals surface area contributed by atoms with Crippen molar-refractivity contribution in [3.63, 3.8) is 0 Å². The van der Waals surface area contributed by atoms with Crippen LogP contribution in [0.3, 0.4) is 0 Å². The maximum Gasteiger partial charge on any atom is 0.294 e. The van der Waals surface area contributed by atoms with Crippen LogP contribution in [-0.2, 0) is 9.59 Å². The first-order chi connectivity index (χ1) is 15.0. The molecule has 0 aromatic heterocycles. The van der Waals surface area contributed by atoms with Crippen LogP contribution in [0.1, 0.15) is 5.56 Å². The minimum atomic E-state index is -0.533. The van der Waals surface area contributed by atoms with Crippen LogP contribution in [0, 0.1) is 0 Å². The maximum atomic E-state index is 12.7. The van der Waals surface area contributed by atoms with Gasteiger partial charge in [-0.2, -0.15) is 0 Å². The van der Waals surface area contributed by atoms with Gasteiger partial charge in [0.1, 0.15) is 18.9 Å². The third kappa shape index (κ3) is 4.56. The lowest BCUT2D eigenvalue weighted by molar-refractivity contribution is -0.127. The normalized spacial score (nSPS) is 16.0. The van der Waals surface area contributed by atoms with E-state index in [-0.39, 0.29) is 11.7 Å². The summed E-state index contributed by atoms with van der Waals surface area (Å²) >= 11 is 0.780. The number of carbonyl (C=O) groups is 3. The summed E-state index contributed by atoms with van der Waals surface area (Å²) < 4.78 is 16.1. The van der Waals surface area contributed by atoms with Gasteiger partial charge in [0.05, 0.1) is 4.91 Å². The van der Waals surface area contributed by atoms with Crippen molar-refractivity contribution in [2.75, 3.05) is 25.3 Å². The third-order valence-corrected chi connectivity index (χ3v) is 5.30. The largest absolute Gasteiger partial charge is 0.489 e. The van der Waals surface area contributed by atoms with Gasteiger partial charge in [-0.25, -0.2) is 0 Å². The number of nitrogens with one attached hydrogen (secondary N) is 1. The summed E-state index contributed by atoms with van der Waals surface area (Å²) in [5.41, 5.74) is 1.13. The minimum absolute atomic E-state index is 0.123. The van der Waals surface area contributed by atoms with E-state index >= 15 is 0 Å². The van der Waals surface area contributed by atoms with Crippen LogP contribution in [0.2, 0.25) is 0 Å². The molecule has 1 N–H and O–H groups in total. The lowest BCUT2D eigenvalue weighted by Gasteiger charge is -2.12. The molecule has 158 valence electrons. The number of benzene rings is 2. The molecule has 0 atom stereocenters. The van der Waals surface area contributed by atoms with Gasteiger partial charge in [-0.05, 0) is 36.0 Å². The summed E-state index contributed by atoms with van der Waals surface area (Å²) in [6.07, 6.45) is 3.20. The highest BCUT2D eigenvalue weighted by atomic mass is 32.2. The number of carbonyl (C=O) groups excluding carboxylic acids is 3. The zero-order valence-electron chi connectivity index (χ0n) is 16.3. The number of fused-ring (bicyclic) bond motifs is 1. The van der Waals surface area contributed by atoms with Gasteiger partial charge in [0.25, 0.3) is 11.1 Å². The number of hydrogen-bond acceptors (Lipinski definition) is 7. The molecule has 0 radical (unpaired) electrons. The highest BCUT2D eigenvalue weighted by Crippen LogP contribution is 2.35. The quantitative estimate of drug-likeness (QED) is 0.521. The summed E-state index contributed by atoms with van der Waals surface area (Å²) in [7, 11) is 0. The molecule has 2 heterocycles. The van der Waals surface area contributed by atoms with Crippen LogP contribution in [0.15, 0.2) is 60.0 Å². The van der Waals surface area contributed by atoms with E-state index in [1.54, 1.807) is 48.6 Å². The first-order valence-corrected chi connectivity index (χ1v) is 10.1. The molecule has 4 rings (SSSR count). The number of amides is 3. The number of imide groups is 1. The Hall–Kier alpha value is -3.72. The smallest absolute Gasteiger partial charge is 0.294 e. The Morgan fingerprint density at radius 3 is 2.84 bits per heavy atom. The molecule has 2 aliphatic heterocycles. The van der Waals surface area contributed by atoms with Crippen molar-refractivity contribution in [3.8, 4) is 17.2 Å². The van der Waals surface area contributed by atoms with Crippen molar-refractivity contribution in [1.82, 2.24) is 4.90 Å². The highest BCUT2D eigenvalue weighted by Gasteiger charge is 2.36. The van der Waals surface area contributed by atoms with Gasteiger partial charge in [0, 0.05) is 17.3 Å². The van der Waals surface area contributed by atoms with E-state index in [4.69, 9.17) is 14.2 Å². The zero-order valence-corrected chi connectivity index (χ0v) is 17.1. The summed E-state index contributed by atoms with van der Waals surface area (Å²) in [6.45, 7) is 3.65. The molecular weight excluding hydrogens is 420 g/mol. The van der Waals surface area contributed by atoms with E-state index in [1.807, 2.05) is 6.07 Å². The summed E-state index contributed by atoms with van der Waals surface area (Å²) in [5.74, 6) is 0.636. The van der Waals surface area contributed by atoms with E-state index in [0.29, 0.717) is 35.1 Å². The fourth-order valence-electron chi connectivity index (χ4n) is 2.98. The van der Waals surface area contributed by atoms with Crippen molar-refractivity contribution in [2.24, 2.45) is 0 Å². The molecular formula is C22H18N2O6S. The van der Waals surface area contributed by atoms with E-state index in [9.17, 15) is 14.4 Å². The Labute approximate surface area is 182 Å². The van der Waals surface area contributed by atoms with Crippen LogP contribution in [0.25, 0.3) is 6.08 Å². The second-order valence-electron chi connectivity index (χ2n) is 6.52. The Morgan fingerprint density at radius 1 is 1.19 bits per heavy atom. The SMILES string of the molecule is C=CCOc1ccccc1/C=C1\SC(=O)N(CC(=O)Nc2ccc3c(c2)OCO3)C1=O. The number of thioether (sulfide) groups is 1. The Balaban J connectivity index is 1.44. The fraction of sp³-hybridized carbons (Fsp3) is 0.136. The summed E-state index contributed by atoms with van der Waals surface area (Å²) in [6, 6.07) is 12.1. The average molecular weight is 438 g/mol. The van der Waals surface area contributed by atoms with E-state index in [1.165, 1.54) is 0 Å². The van der Waals surface area contributed by atoms with Gasteiger partial charge in [-0.1, -0.05) is 30.9 Å². The van der Waals surface area contributed by atoms with Crippen molar-refractivity contribution >= 4 is 40.6 Å². The van der Waals surface area contributed by atoms with Crippen molar-refractivity contribution in [2.45, 2.75) is 0 Å². The number of nitrogens with zero attached hydrogens (tertiary/aromatic N) is 1. The highest BCUT2D eigenvalue weighted by molar-refractivity contribution is 8.18. The van der Waals surface area contributed by atoms with E-state index in [0.717, 1.165) is 16.7 Å². The predicted octanol–water partition coefficient (Wildman–Crippen LogP) is 3.66. The van der Waals surface area contributed by atoms with Gasteiger partial charge in [-0.15, -0.1) is 0 Å². The number of hydrogen-bond donors (Lipinski definition) is 1. The molecule has 0 unspecified atom stereocenters. The molecule has 0 aliphatic carbocycles. The van der Waals surface area contributed by atoms with Crippen LogP contribution in [0.5, 0.6) is 17.2 Å². The molecule has 0 bridgehead atoms. The molecule has 9 heteroatoms. The molecule has 1 saturated heterocycles. The number of anilines is 1. The first-order valence-electron chi connectivity index (χ1n) is 9.33. The monoisotopic (exact) mass is 438 g/mol. The van der Waals surface area contributed by atoms with Gasteiger partial charge >= 0.3 is 0 Å². The van der Waals surface area contributed by atoms with E-state index in [2.05, 4.69) is 11.9 Å². The van der Waals surface area contributed by atoms with Gasteiger partial charge < -0.3 is 19.5 Å². The number of ether oxygens (including phenoxy) is 3. The fourth-order valence-corrected chi connectivity index (χ4v) is 3.81. The zero-order chi connectivity index (χ0) is 21.8. The lowest BCUT2D eigenvalue weighted by atomic mass is 10.2. The second kappa shape index (κ2) is 8.97. The second-order valence-corrected chi connectivity index (χ2v) is 7.51. The van der Waals surface area contributed by atoms with E-state index < -0.39 is 23.6 Å². The van der Waals surface area contributed by atoms with Gasteiger partial charge in [0.2, 0.25) is 12.7 Å². The minimum Gasteiger partial charge on any atom is -0.489 e. The number of rotatable bonds is 7. The van der Waals surface area contributed by atoms with Crippen LogP contribution in [-0.4, -0.2) is 41.9 Å². The standard InChI is InChI=1S/C22H18N2O6S/c1-2-9-28-16-6-4-3-5-14(16)10-19-21(26)24(22(27)31-19)12-20(25)23-15-7-8-17-18(11-15)30-13-29-17/h2-8,10-11H,1,9,12-13H2,(H,23,25)/b19-10-. The molecule has 3 amide bonds. The van der Waals surface area contributed by atoms with Crippen molar-refractivity contribution < 1.29 is 28.6 Å². The molecule has 2 aromatic carbocycles. The Kier molecular flexibility index (Phi) is 5.94. The van der Waals surface area contributed by atoms with Crippen molar-refractivity contribution in [3.05, 3.63) is 65.6 Å². The Bertz CT molecular complexity index is 1100. The molecule has 2 aliphatic rings. The molecule has 1 fully saturated rings. The molecule has 2 aromatic rings. The predicted molar refractivity (Wildman–Crippen MR) is 116 cm³/mol. The Morgan fingerprint density at radius 2 is 2.00 bits per heavy atom. The molecule has 8 nitrogen and oxygen atoms in total. The number of para-hydroxylation sites is 1.